The molecule has 0 aliphatic carbocycles. The van der Waals surface area contributed by atoms with Crippen molar-refractivity contribution in [1.29, 1.82) is 0 Å². The average molecular weight is 242 g/mol. The Morgan fingerprint density at radius 3 is 2.88 bits per heavy atom. The van der Waals surface area contributed by atoms with Gasteiger partial charge < -0.3 is 15.2 Å². The monoisotopic (exact) mass is 241 g/mol. The molecule has 0 spiro atoms. The molecule has 1 aromatic carbocycles. The lowest BCUT2D eigenvalue weighted by Gasteiger charge is -2.15. The molecule has 1 aliphatic rings. The van der Waals surface area contributed by atoms with Crippen molar-refractivity contribution in [3.63, 3.8) is 0 Å². The van der Waals surface area contributed by atoms with Crippen molar-refractivity contribution in [3.8, 4) is 11.5 Å². The van der Waals surface area contributed by atoms with E-state index < -0.39 is 0 Å². The van der Waals surface area contributed by atoms with Crippen LogP contribution in [-0.4, -0.2) is 19.3 Å². The van der Waals surface area contributed by atoms with E-state index in [0.29, 0.717) is 24.7 Å². The third kappa shape index (κ3) is 2.42. The lowest BCUT2D eigenvalue weighted by atomic mass is 10.1. The van der Waals surface area contributed by atoms with Gasteiger partial charge in [0.15, 0.2) is 11.5 Å². The van der Waals surface area contributed by atoms with Crippen LogP contribution in [0.3, 0.4) is 0 Å². The number of hydrogen-bond acceptors (Lipinski definition) is 3. The van der Waals surface area contributed by atoms with Gasteiger partial charge in [0, 0.05) is 23.0 Å². The zero-order chi connectivity index (χ0) is 11.5. The van der Waals surface area contributed by atoms with Crippen molar-refractivity contribution in [3.05, 3.63) is 22.7 Å². The summed E-state index contributed by atoms with van der Waals surface area (Å²) in [6.07, 6.45) is 1.59. The van der Waals surface area contributed by atoms with Crippen molar-refractivity contribution in [1.82, 2.24) is 0 Å². The van der Waals surface area contributed by atoms with Crippen LogP contribution < -0.4 is 15.2 Å². The minimum absolute atomic E-state index is 0.0517. The molecule has 0 saturated carbocycles. The number of benzene rings is 1. The van der Waals surface area contributed by atoms with Gasteiger partial charge in [0.2, 0.25) is 0 Å². The Labute approximate surface area is 100 Å². The smallest absolute Gasteiger partial charge is 0.165 e. The van der Waals surface area contributed by atoms with E-state index in [2.05, 4.69) is 0 Å². The number of nitrogens with two attached hydrogens (primary N) is 1. The van der Waals surface area contributed by atoms with Crippen LogP contribution in [-0.2, 0) is 6.42 Å². The molecule has 0 saturated heterocycles. The van der Waals surface area contributed by atoms with Crippen molar-refractivity contribution in [2.75, 3.05) is 13.2 Å². The van der Waals surface area contributed by atoms with Crippen LogP contribution in [0.25, 0.3) is 0 Å². The highest BCUT2D eigenvalue weighted by Crippen LogP contribution is 2.38. The number of ether oxygens (including phenoxy) is 2. The molecule has 0 fully saturated rings. The Morgan fingerprint density at radius 2 is 2.12 bits per heavy atom. The maximum Gasteiger partial charge on any atom is 0.165 e. The first kappa shape index (κ1) is 11.6. The summed E-state index contributed by atoms with van der Waals surface area (Å²) in [7, 11) is 0. The molecule has 1 unspecified atom stereocenters. The topological polar surface area (TPSA) is 44.5 Å². The van der Waals surface area contributed by atoms with E-state index >= 15 is 0 Å². The fourth-order valence-electron chi connectivity index (χ4n) is 1.78. The minimum atomic E-state index is 0.0517. The molecule has 88 valence electrons. The largest absolute Gasteiger partial charge is 0.490 e. The van der Waals surface area contributed by atoms with Crippen LogP contribution in [0.2, 0.25) is 5.02 Å². The lowest BCUT2D eigenvalue weighted by Crippen LogP contribution is -2.18. The van der Waals surface area contributed by atoms with Gasteiger partial charge in [-0.3, -0.25) is 0 Å². The van der Waals surface area contributed by atoms with Crippen molar-refractivity contribution >= 4 is 11.6 Å². The van der Waals surface area contributed by atoms with Crippen LogP contribution in [0, 0.1) is 0 Å². The molecule has 1 heterocycles. The van der Waals surface area contributed by atoms with E-state index in [1.807, 2.05) is 19.1 Å². The fourth-order valence-corrected chi connectivity index (χ4v) is 2.01. The van der Waals surface area contributed by atoms with Crippen molar-refractivity contribution in [2.45, 2.75) is 25.8 Å². The van der Waals surface area contributed by atoms with E-state index in [0.717, 1.165) is 23.5 Å². The van der Waals surface area contributed by atoms with Gasteiger partial charge in [0.05, 0.1) is 13.2 Å². The van der Waals surface area contributed by atoms with Crippen LogP contribution >= 0.6 is 11.6 Å². The second-order valence-electron chi connectivity index (χ2n) is 4.09. The Balaban J connectivity index is 2.40. The summed E-state index contributed by atoms with van der Waals surface area (Å²) in [5.74, 6) is 1.54. The molecular weight excluding hydrogens is 226 g/mol. The maximum absolute atomic E-state index is 6.17. The zero-order valence-corrected chi connectivity index (χ0v) is 10.1. The highest BCUT2D eigenvalue weighted by molar-refractivity contribution is 6.31. The molecule has 3 nitrogen and oxygen atoms in total. The normalized spacial score (nSPS) is 16.7. The van der Waals surface area contributed by atoms with Gasteiger partial charge in [0.25, 0.3) is 0 Å². The summed E-state index contributed by atoms with van der Waals surface area (Å²) < 4.78 is 11.3. The first-order valence-electron chi connectivity index (χ1n) is 5.51. The highest BCUT2D eigenvalue weighted by atomic mass is 35.5. The standard InChI is InChI=1S/C12H16ClNO2/c1-8(14)7-9-10(13)3-4-11-12(9)16-6-2-5-15-11/h3-4,8H,2,5-7,14H2,1H3. The molecule has 1 atom stereocenters. The predicted molar refractivity (Wildman–Crippen MR) is 64.4 cm³/mol. The van der Waals surface area contributed by atoms with Crippen LogP contribution in [0.1, 0.15) is 18.9 Å². The second-order valence-corrected chi connectivity index (χ2v) is 4.49. The van der Waals surface area contributed by atoms with Gasteiger partial charge >= 0.3 is 0 Å². The van der Waals surface area contributed by atoms with E-state index in [-0.39, 0.29) is 6.04 Å². The van der Waals surface area contributed by atoms with Gasteiger partial charge in [-0.25, -0.2) is 0 Å². The highest BCUT2D eigenvalue weighted by Gasteiger charge is 2.18. The number of rotatable bonds is 2. The van der Waals surface area contributed by atoms with Gasteiger partial charge in [0.1, 0.15) is 0 Å². The molecule has 2 N–H and O–H groups in total. The number of fused-ring (bicyclic) bond motifs is 1. The van der Waals surface area contributed by atoms with E-state index in [1.54, 1.807) is 0 Å². The summed E-state index contributed by atoms with van der Waals surface area (Å²) in [5.41, 5.74) is 6.77. The minimum Gasteiger partial charge on any atom is -0.490 e. The first-order chi connectivity index (χ1) is 7.68. The molecule has 0 aromatic heterocycles. The summed E-state index contributed by atoms with van der Waals surface area (Å²) in [4.78, 5) is 0. The van der Waals surface area contributed by atoms with E-state index in [9.17, 15) is 0 Å². The molecule has 0 amide bonds. The maximum atomic E-state index is 6.17. The summed E-state index contributed by atoms with van der Waals surface area (Å²) >= 11 is 6.17. The van der Waals surface area contributed by atoms with Crippen LogP contribution in [0.4, 0.5) is 0 Å². The molecule has 0 bridgehead atoms. The molecule has 1 aromatic rings. The van der Waals surface area contributed by atoms with Gasteiger partial charge in [-0.1, -0.05) is 11.6 Å². The summed E-state index contributed by atoms with van der Waals surface area (Å²) in [6, 6.07) is 3.75. The first-order valence-corrected chi connectivity index (χ1v) is 5.89. The molecule has 0 radical (unpaired) electrons. The second kappa shape index (κ2) is 4.93. The molecule has 16 heavy (non-hydrogen) atoms. The van der Waals surface area contributed by atoms with Crippen LogP contribution in [0.5, 0.6) is 11.5 Å². The Bertz CT molecular complexity index is 380. The molecule has 1 aliphatic heterocycles. The number of halogens is 1. The third-order valence-corrected chi connectivity index (χ3v) is 2.84. The molecule has 2 rings (SSSR count). The fraction of sp³-hybridized carbons (Fsp3) is 0.500. The van der Waals surface area contributed by atoms with Crippen molar-refractivity contribution < 1.29 is 9.47 Å². The Hall–Kier alpha value is -0.930. The van der Waals surface area contributed by atoms with E-state index in [1.165, 1.54) is 0 Å². The van der Waals surface area contributed by atoms with Gasteiger partial charge in [-0.05, 0) is 25.5 Å². The van der Waals surface area contributed by atoms with E-state index in [4.69, 9.17) is 26.8 Å². The quantitative estimate of drug-likeness (QED) is 0.865. The van der Waals surface area contributed by atoms with Gasteiger partial charge in [-0.2, -0.15) is 0 Å². The predicted octanol–water partition coefficient (Wildman–Crippen LogP) is 2.39. The Kier molecular flexibility index (Phi) is 3.56. The van der Waals surface area contributed by atoms with Crippen molar-refractivity contribution in [2.24, 2.45) is 5.73 Å². The third-order valence-electron chi connectivity index (χ3n) is 2.49. The number of hydrogen-bond donors (Lipinski definition) is 1. The Morgan fingerprint density at radius 1 is 1.38 bits per heavy atom. The summed E-state index contributed by atoms with van der Waals surface area (Å²) in [6.45, 7) is 3.30. The van der Waals surface area contributed by atoms with Crippen LogP contribution in [0.15, 0.2) is 12.1 Å². The van der Waals surface area contributed by atoms with Gasteiger partial charge in [-0.15, -0.1) is 0 Å². The molecular formula is C12H16ClNO2. The lowest BCUT2D eigenvalue weighted by molar-refractivity contribution is 0.296. The SMILES string of the molecule is CC(N)Cc1c(Cl)ccc2c1OCCCO2. The average Bonchev–Trinajstić information content (AvgIpc) is 2.47. The summed E-state index contributed by atoms with van der Waals surface area (Å²) in [5, 5.41) is 0.696. The zero-order valence-electron chi connectivity index (χ0n) is 9.33. The molecule has 4 heteroatoms.